The third kappa shape index (κ3) is 4.47. The maximum atomic E-state index is 5.78. The van der Waals surface area contributed by atoms with Gasteiger partial charge < -0.3 is 15.0 Å². The second kappa shape index (κ2) is 6.46. The molecular weight excluding hydrogens is 316 g/mol. The predicted octanol–water partition coefficient (Wildman–Crippen LogP) is 3.20. The summed E-state index contributed by atoms with van der Waals surface area (Å²) in [6, 6.07) is 4.35. The summed E-state index contributed by atoms with van der Waals surface area (Å²) in [7, 11) is 2.16. The van der Waals surface area contributed by atoms with E-state index >= 15 is 0 Å². The van der Waals surface area contributed by atoms with Crippen LogP contribution in [0.25, 0.3) is 0 Å². The van der Waals surface area contributed by atoms with Crippen molar-refractivity contribution >= 4 is 15.9 Å². The molecule has 2 rings (SSSR count). The van der Waals surface area contributed by atoms with Gasteiger partial charge in [0.25, 0.3) is 0 Å². The lowest BCUT2D eigenvalue weighted by atomic mass is 10.1. The number of fused-ring (bicyclic) bond motifs is 1. The molecule has 1 heterocycles. The number of ether oxygens (including phenoxy) is 1. The van der Waals surface area contributed by atoms with Gasteiger partial charge in [-0.25, -0.2) is 0 Å². The van der Waals surface area contributed by atoms with Crippen LogP contribution in [0.5, 0.6) is 5.75 Å². The molecule has 0 saturated heterocycles. The molecule has 0 bridgehead atoms. The van der Waals surface area contributed by atoms with Crippen LogP contribution in [-0.4, -0.2) is 37.2 Å². The summed E-state index contributed by atoms with van der Waals surface area (Å²) < 4.78 is 6.93. The Morgan fingerprint density at radius 2 is 2.10 bits per heavy atom. The van der Waals surface area contributed by atoms with Crippen LogP contribution >= 0.6 is 15.9 Å². The molecule has 4 heteroatoms. The van der Waals surface area contributed by atoms with E-state index in [9.17, 15) is 0 Å². The fraction of sp³-hybridized carbons (Fsp3) is 0.625. The molecule has 0 saturated carbocycles. The Labute approximate surface area is 130 Å². The predicted molar refractivity (Wildman–Crippen MR) is 87.4 cm³/mol. The van der Waals surface area contributed by atoms with Gasteiger partial charge in [-0.2, -0.15) is 0 Å². The van der Waals surface area contributed by atoms with E-state index in [2.05, 4.69) is 66.1 Å². The van der Waals surface area contributed by atoms with Crippen molar-refractivity contribution in [3.8, 4) is 5.75 Å². The van der Waals surface area contributed by atoms with Gasteiger partial charge in [-0.15, -0.1) is 0 Å². The van der Waals surface area contributed by atoms with Gasteiger partial charge in [-0.3, -0.25) is 0 Å². The molecule has 112 valence electrons. The maximum Gasteiger partial charge on any atom is 0.127 e. The third-order valence-corrected chi connectivity index (χ3v) is 3.87. The first-order valence-corrected chi connectivity index (χ1v) is 8.02. The number of rotatable bonds is 5. The minimum Gasteiger partial charge on any atom is -0.493 e. The monoisotopic (exact) mass is 340 g/mol. The lowest BCUT2D eigenvalue weighted by molar-refractivity contribution is 0.294. The van der Waals surface area contributed by atoms with Crippen molar-refractivity contribution in [2.75, 3.05) is 26.7 Å². The fourth-order valence-corrected chi connectivity index (χ4v) is 3.01. The average Bonchev–Trinajstić information content (AvgIpc) is 2.74. The number of likely N-dealkylation sites (N-methyl/N-ethyl adjacent to an activating group) is 1. The van der Waals surface area contributed by atoms with Gasteiger partial charge in [0.05, 0.1) is 6.61 Å². The highest BCUT2D eigenvalue weighted by Gasteiger charge is 2.18. The number of hydrogen-bond donors (Lipinski definition) is 1. The SMILES string of the molecule is CN(CCNC(C)(C)C)Cc1cc(Br)cc2c1OCC2. The van der Waals surface area contributed by atoms with Crippen molar-refractivity contribution < 1.29 is 4.74 Å². The van der Waals surface area contributed by atoms with E-state index in [1.807, 2.05) is 0 Å². The second-order valence-corrected chi connectivity index (χ2v) is 7.48. The van der Waals surface area contributed by atoms with E-state index in [0.29, 0.717) is 0 Å². The third-order valence-electron chi connectivity index (χ3n) is 3.41. The van der Waals surface area contributed by atoms with E-state index in [1.54, 1.807) is 0 Å². The molecule has 20 heavy (non-hydrogen) atoms. The highest BCUT2D eigenvalue weighted by atomic mass is 79.9. The Hall–Kier alpha value is -0.580. The zero-order valence-electron chi connectivity index (χ0n) is 12.9. The number of nitrogens with one attached hydrogen (secondary N) is 1. The van der Waals surface area contributed by atoms with Crippen molar-refractivity contribution in [1.29, 1.82) is 0 Å². The molecule has 0 aliphatic carbocycles. The summed E-state index contributed by atoms with van der Waals surface area (Å²) in [4.78, 5) is 2.34. The smallest absolute Gasteiger partial charge is 0.127 e. The van der Waals surface area contributed by atoms with Crippen LogP contribution in [0.15, 0.2) is 16.6 Å². The molecule has 0 unspecified atom stereocenters. The van der Waals surface area contributed by atoms with Crippen LogP contribution in [0.1, 0.15) is 31.9 Å². The van der Waals surface area contributed by atoms with Crippen LogP contribution in [-0.2, 0) is 13.0 Å². The van der Waals surface area contributed by atoms with Crippen molar-refractivity contribution in [2.24, 2.45) is 0 Å². The van der Waals surface area contributed by atoms with Crippen LogP contribution in [0.2, 0.25) is 0 Å². The number of nitrogens with zero attached hydrogens (tertiary/aromatic N) is 1. The molecule has 1 aliphatic heterocycles. The molecule has 1 aliphatic rings. The van der Waals surface area contributed by atoms with Gasteiger partial charge in [0, 0.05) is 41.6 Å². The Bertz CT molecular complexity index is 468. The topological polar surface area (TPSA) is 24.5 Å². The molecule has 0 atom stereocenters. The lowest BCUT2D eigenvalue weighted by Crippen LogP contribution is -2.40. The fourth-order valence-electron chi connectivity index (χ4n) is 2.46. The normalized spacial score (nSPS) is 14.5. The Balaban J connectivity index is 1.93. The van der Waals surface area contributed by atoms with E-state index in [0.717, 1.165) is 42.9 Å². The van der Waals surface area contributed by atoms with Gasteiger partial charge in [0.15, 0.2) is 0 Å². The summed E-state index contributed by atoms with van der Waals surface area (Å²) in [6.07, 6.45) is 1.02. The highest BCUT2D eigenvalue weighted by Crippen LogP contribution is 2.33. The Morgan fingerprint density at radius 3 is 2.80 bits per heavy atom. The largest absolute Gasteiger partial charge is 0.493 e. The van der Waals surface area contributed by atoms with E-state index in [4.69, 9.17) is 4.74 Å². The zero-order valence-corrected chi connectivity index (χ0v) is 14.5. The molecule has 0 radical (unpaired) electrons. The summed E-state index contributed by atoms with van der Waals surface area (Å²) in [5.41, 5.74) is 2.79. The molecule has 0 amide bonds. The number of benzene rings is 1. The quantitative estimate of drug-likeness (QED) is 0.890. The first-order valence-electron chi connectivity index (χ1n) is 7.23. The molecule has 0 fully saturated rings. The van der Waals surface area contributed by atoms with E-state index in [1.165, 1.54) is 11.1 Å². The summed E-state index contributed by atoms with van der Waals surface area (Å²) >= 11 is 3.60. The van der Waals surface area contributed by atoms with Crippen LogP contribution in [0.4, 0.5) is 0 Å². The molecule has 0 spiro atoms. The second-order valence-electron chi connectivity index (χ2n) is 6.57. The average molecular weight is 341 g/mol. The number of halogens is 1. The molecule has 3 nitrogen and oxygen atoms in total. The van der Waals surface area contributed by atoms with Gasteiger partial charge >= 0.3 is 0 Å². The van der Waals surface area contributed by atoms with Gasteiger partial charge in [-0.05, 0) is 45.5 Å². The summed E-state index contributed by atoms with van der Waals surface area (Å²) in [5.74, 6) is 1.10. The van der Waals surface area contributed by atoms with E-state index < -0.39 is 0 Å². The molecule has 1 aromatic rings. The standard InChI is InChI=1S/C16H25BrN2O/c1-16(2,3)18-6-7-19(4)11-13-10-14(17)9-12-5-8-20-15(12)13/h9-10,18H,5-8,11H2,1-4H3. The molecule has 1 N–H and O–H groups in total. The Kier molecular flexibility index (Phi) is 5.10. The minimum atomic E-state index is 0.182. The minimum absolute atomic E-state index is 0.182. The van der Waals surface area contributed by atoms with Gasteiger partial charge in [0.2, 0.25) is 0 Å². The highest BCUT2D eigenvalue weighted by molar-refractivity contribution is 9.10. The van der Waals surface area contributed by atoms with Crippen LogP contribution in [0, 0.1) is 0 Å². The molecular formula is C16H25BrN2O. The van der Waals surface area contributed by atoms with Crippen molar-refractivity contribution in [2.45, 2.75) is 39.3 Å². The zero-order chi connectivity index (χ0) is 14.8. The van der Waals surface area contributed by atoms with Gasteiger partial charge in [-0.1, -0.05) is 15.9 Å². The first kappa shape index (κ1) is 15.8. The van der Waals surface area contributed by atoms with Crippen molar-refractivity contribution in [3.05, 3.63) is 27.7 Å². The Morgan fingerprint density at radius 1 is 1.35 bits per heavy atom. The van der Waals surface area contributed by atoms with E-state index in [-0.39, 0.29) is 5.54 Å². The van der Waals surface area contributed by atoms with Crippen LogP contribution < -0.4 is 10.1 Å². The van der Waals surface area contributed by atoms with Crippen molar-refractivity contribution in [3.63, 3.8) is 0 Å². The lowest BCUT2D eigenvalue weighted by Gasteiger charge is -2.24. The first-order chi connectivity index (χ1) is 9.35. The molecule has 0 aromatic heterocycles. The number of hydrogen-bond acceptors (Lipinski definition) is 3. The summed E-state index contributed by atoms with van der Waals surface area (Å²) in [5, 5.41) is 3.52. The molecule has 1 aromatic carbocycles. The van der Waals surface area contributed by atoms with Crippen molar-refractivity contribution in [1.82, 2.24) is 10.2 Å². The van der Waals surface area contributed by atoms with Crippen LogP contribution in [0.3, 0.4) is 0 Å². The maximum absolute atomic E-state index is 5.78. The van der Waals surface area contributed by atoms with Gasteiger partial charge in [0.1, 0.15) is 5.75 Å². The summed E-state index contributed by atoms with van der Waals surface area (Å²) in [6.45, 7) is 10.4.